The van der Waals surface area contributed by atoms with Crippen molar-refractivity contribution in [2.75, 3.05) is 19.7 Å². The largest absolute Gasteiger partial charge is 0.484 e. The number of amides is 1. The number of hydrogen-bond acceptors (Lipinski definition) is 2. The molecule has 0 N–H and O–H groups in total. The number of carbonyl (C=O) groups is 1. The lowest BCUT2D eigenvalue weighted by molar-refractivity contribution is -0.134. The van der Waals surface area contributed by atoms with Crippen molar-refractivity contribution in [2.24, 2.45) is 5.92 Å². The Morgan fingerprint density at radius 2 is 1.60 bits per heavy atom. The Balaban J connectivity index is 1.24. The summed E-state index contributed by atoms with van der Waals surface area (Å²) in [6.45, 7) is 1.65. The van der Waals surface area contributed by atoms with Crippen molar-refractivity contribution in [3.05, 3.63) is 89.4 Å². The van der Waals surface area contributed by atoms with Gasteiger partial charge < -0.3 is 9.64 Å². The summed E-state index contributed by atoms with van der Waals surface area (Å²) < 4.78 is 5.60. The van der Waals surface area contributed by atoms with Gasteiger partial charge in [0.1, 0.15) is 5.75 Å². The fraction of sp³-hybridized carbons (Fsp3) is 0.269. The average Bonchev–Trinajstić information content (AvgIpc) is 2.79. The third-order valence-corrected chi connectivity index (χ3v) is 5.95. The van der Waals surface area contributed by atoms with Crippen LogP contribution < -0.4 is 4.74 Å². The molecule has 4 rings (SSSR count). The second-order valence-electron chi connectivity index (χ2n) is 7.84. The van der Waals surface area contributed by atoms with Gasteiger partial charge in [0.25, 0.3) is 5.91 Å². The molecule has 1 saturated heterocycles. The number of hydrogen-bond donors (Lipinski definition) is 0. The van der Waals surface area contributed by atoms with E-state index in [2.05, 4.69) is 48.5 Å². The summed E-state index contributed by atoms with van der Waals surface area (Å²) in [5, 5.41) is 0.609. The molecule has 1 aliphatic heterocycles. The number of benzene rings is 3. The Labute approximate surface area is 183 Å². The molecule has 1 heterocycles. The maximum atomic E-state index is 12.5. The molecule has 1 amide bonds. The Hall–Kier alpha value is -2.78. The van der Waals surface area contributed by atoms with Crippen molar-refractivity contribution in [3.63, 3.8) is 0 Å². The molecule has 0 unspecified atom stereocenters. The highest BCUT2D eigenvalue weighted by molar-refractivity contribution is 6.30. The Bertz CT molecular complexity index is 964. The molecule has 3 aromatic rings. The van der Waals surface area contributed by atoms with E-state index in [0.717, 1.165) is 32.4 Å². The molecule has 1 aliphatic rings. The van der Waals surface area contributed by atoms with Crippen LogP contribution in [0.5, 0.6) is 5.75 Å². The number of piperidine rings is 1. The van der Waals surface area contributed by atoms with Gasteiger partial charge in [-0.3, -0.25) is 4.79 Å². The fourth-order valence-electron chi connectivity index (χ4n) is 3.98. The van der Waals surface area contributed by atoms with E-state index in [9.17, 15) is 4.79 Å². The summed E-state index contributed by atoms with van der Waals surface area (Å²) in [7, 11) is 0. The van der Waals surface area contributed by atoms with Gasteiger partial charge in [-0.25, -0.2) is 0 Å². The van der Waals surface area contributed by atoms with Crippen LogP contribution in [0.3, 0.4) is 0 Å². The second kappa shape index (κ2) is 9.82. The maximum absolute atomic E-state index is 12.5. The van der Waals surface area contributed by atoms with Crippen LogP contribution in [-0.4, -0.2) is 30.5 Å². The molecule has 3 aromatic carbocycles. The third-order valence-electron chi connectivity index (χ3n) is 5.71. The predicted molar refractivity (Wildman–Crippen MR) is 122 cm³/mol. The Morgan fingerprint density at radius 1 is 0.900 bits per heavy atom. The van der Waals surface area contributed by atoms with Gasteiger partial charge in [0.2, 0.25) is 0 Å². The Kier molecular flexibility index (Phi) is 6.70. The zero-order valence-corrected chi connectivity index (χ0v) is 17.7. The summed E-state index contributed by atoms with van der Waals surface area (Å²) in [6.07, 6.45) is 3.13. The van der Waals surface area contributed by atoms with Crippen LogP contribution in [0.4, 0.5) is 0 Å². The minimum atomic E-state index is 0.0423. The van der Waals surface area contributed by atoms with Gasteiger partial charge in [-0.2, -0.15) is 0 Å². The van der Waals surface area contributed by atoms with E-state index in [1.807, 2.05) is 23.1 Å². The van der Waals surface area contributed by atoms with Crippen molar-refractivity contribution >= 4 is 17.5 Å². The van der Waals surface area contributed by atoms with Crippen LogP contribution >= 0.6 is 11.6 Å². The third kappa shape index (κ3) is 5.43. The normalized spacial score (nSPS) is 14.5. The lowest BCUT2D eigenvalue weighted by Crippen LogP contribution is -2.41. The van der Waals surface area contributed by atoms with Crippen molar-refractivity contribution in [3.8, 4) is 16.9 Å². The van der Waals surface area contributed by atoms with Crippen molar-refractivity contribution in [1.29, 1.82) is 0 Å². The summed E-state index contributed by atoms with van der Waals surface area (Å²) >= 11 is 5.96. The number of nitrogens with zero attached hydrogens (tertiary/aromatic N) is 1. The zero-order chi connectivity index (χ0) is 20.8. The van der Waals surface area contributed by atoms with Gasteiger partial charge in [0, 0.05) is 18.1 Å². The lowest BCUT2D eigenvalue weighted by atomic mass is 9.89. The van der Waals surface area contributed by atoms with Crippen LogP contribution in [-0.2, 0) is 11.2 Å². The van der Waals surface area contributed by atoms with Gasteiger partial charge in [-0.1, -0.05) is 72.3 Å². The number of likely N-dealkylation sites (tertiary alicyclic amines) is 1. The summed E-state index contributed by atoms with van der Waals surface area (Å²) in [4.78, 5) is 14.4. The van der Waals surface area contributed by atoms with E-state index in [1.54, 1.807) is 12.1 Å². The Morgan fingerprint density at radius 3 is 2.30 bits per heavy atom. The minimum Gasteiger partial charge on any atom is -0.484 e. The van der Waals surface area contributed by atoms with Gasteiger partial charge >= 0.3 is 0 Å². The van der Waals surface area contributed by atoms with Gasteiger partial charge in [0.15, 0.2) is 6.61 Å². The number of ether oxygens (including phenoxy) is 1. The average molecular weight is 420 g/mol. The SMILES string of the molecule is O=C(COc1cccc(Cl)c1)N1CCC(Cc2ccc(-c3ccccc3)cc2)CC1. The first-order valence-corrected chi connectivity index (χ1v) is 10.9. The first-order chi connectivity index (χ1) is 14.7. The topological polar surface area (TPSA) is 29.5 Å². The molecule has 4 heteroatoms. The van der Waals surface area contributed by atoms with Crippen LogP contribution in [0, 0.1) is 5.92 Å². The number of rotatable bonds is 6. The highest BCUT2D eigenvalue weighted by atomic mass is 35.5. The minimum absolute atomic E-state index is 0.0423. The fourth-order valence-corrected chi connectivity index (χ4v) is 4.16. The van der Waals surface area contributed by atoms with E-state index >= 15 is 0 Å². The highest BCUT2D eigenvalue weighted by Gasteiger charge is 2.23. The molecule has 30 heavy (non-hydrogen) atoms. The number of halogens is 1. The lowest BCUT2D eigenvalue weighted by Gasteiger charge is -2.32. The van der Waals surface area contributed by atoms with Crippen LogP contribution in [0.15, 0.2) is 78.9 Å². The molecule has 0 spiro atoms. The summed E-state index contributed by atoms with van der Waals surface area (Å²) in [5.41, 5.74) is 3.86. The molecule has 0 aliphatic carbocycles. The number of carbonyl (C=O) groups excluding carboxylic acids is 1. The highest BCUT2D eigenvalue weighted by Crippen LogP contribution is 2.25. The predicted octanol–water partition coefficient (Wildman–Crippen LogP) is 5.87. The van der Waals surface area contributed by atoms with Crippen molar-refractivity contribution in [2.45, 2.75) is 19.3 Å². The van der Waals surface area contributed by atoms with E-state index in [0.29, 0.717) is 16.7 Å². The van der Waals surface area contributed by atoms with E-state index in [4.69, 9.17) is 16.3 Å². The van der Waals surface area contributed by atoms with E-state index in [-0.39, 0.29) is 12.5 Å². The molecule has 3 nitrogen and oxygen atoms in total. The van der Waals surface area contributed by atoms with Gasteiger partial charge in [0.05, 0.1) is 0 Å². The molecule has 1 fully saturated rings. The quantitative estimate of drug-likeness (QED) is 0.500. The van der Waals surface area contributed by atoms with E-state index < -0.39 is 0 Å². The van der Waals surface area contributed by atoms with Gasteiger partial charge in [-0.05, 0) is 60.1 Å². The molecule has 0 radical (unpaired) electrons. The molecule has 0 saturated carbocycles. The summed E-state index contributed by atoms with van der Waals surface area (Å²) in [6, 6.07) is 26.5. The smallest absolute Gasteiger partial charge is 0.260 e. The molecular weight excluding hydrogens is 394 g/mol. The van der Waals surface area contributed by atoms with Crippen LogP contribution in [0.2, 0.25) is 5.02 Å². The van der Waals surface area contributed by atoms with E-state index in [1.165, 1.54) is 16.7 Å². The zero-order valence-electron chi connectivity index (χ0n) is 17.0. The van der Waals surface area contributed by atoms with Crippen molar-refractivity contribution < 1.29 is 9.53 Å². The molecule has 0 aromatic heterocycles. The summed E-state index contributed by atoms with van der Waals surface area (Å²) in [5.74, 6) is 1.29. The first-order valence-electron chi connectivity index (χ1n) is 10.5. The molecule has 0 atom stereocenters. The monoisotopic (exact) mass is 419 g/mol. The molecule has 0 bridgehead atoms. The van der Waals surface area contributed by atoms with Crippen LogP contribution in [0.25, 0.3) is 11.1 Å². The second-order valence-corrected chi connectivity index (χ2v) is 8.27. The van der Waals surface area contributed by atoms with Crippen molar-refractivity contribution in [1.82, 2.24) is 4.90 Å². The van der Waals surface area contributed by atoms with Gasteiger partial charge in [-0.15, -0.1) is 0 Å². The standard InChI is InChI=1S/C26H26ClNO2/c27-24-7-4-8-25(18-24)30-19-26(29)28-15-13-21(14-16-28)17-20-9-11-23(12-10-20)22-5-2-1-3-6-22/h1-12,18,21H,13-17,19H2. The molecular formula is C26H26ClNO2. The maximum Gasteiger partial charge on any atom is 0.260 e. The first kappa shape index (κ1) is 20.5. The van der Waals surface area contributed by atoms with Crippen LogP contribution in [0.1, 0.15) is 18.4 Å². The molecule has 154 valence electrons.